The lowest BCUT2D eigenvalue weighted by Crippen LogP contribution is -2.22. The lowest BCUT2D eigenvalue weighted by Gasteiger charge is -2.14. The second kappa shape index (κ2) is 3.89. The van der Waals surface area contributed by atoms with Crippen LogP contribution in [0.5, 0.6) is 0 Å². The Morgan fingerprint density at radius 1 is 1.33 bits per heavy atom. The van der Waals surface area contributed by atoms with Gasteiger partial charge in [-0.15, -0.1) is 0 Å². The van der Waals surface area contributed by atoms with Gasteiger partial charge in [-0.05, 0) is 43.4 Å². The maximum atomic E-state index is 13.4. The van der Waals surface area contributed by atoms with Crippen LogP contribution in [0.4, 0.5) is 8.78 Å². The summed E-state index contributed by atoms with van der Waals surface area (Å²) in [4.78, 5) is 0. The van der Waals surface area contributed by atoms with Crippen molar-refractivity contribution in [2.45, 2.75) is 19.3 Å². The van der Waals surface area contributed by atoms with E-state index in [0.29, 0.717) is 12.0 Å². The molecule has 1 aromatic carbocycles. The lowest BCUT2D eigenvalue weighted by atomic mass is 9.96. The van der Waals surface area contributed by atoms with Gasteiger partial charge in [0, 0.05) is 12.6 Å². The van der Waals surface area contributed by atoms with E-state index in [1.807, 2.05) is 7.05 Å². The molecule has 3 heteroatoms. The standard InChI is InChI=1S/C12H15F2N/c1-15-8-12(4-5-12)7-9-2-3-10(13)6-11(9)14/h2-3,6,15H,4-5,7-8H2,1H3. The summed E-state index contributed by atoms with van der Waals surface area (Å²) in [5.74, 6) is -0.924. The quantitative estimate of drug-likeness (QED) is 0.806. The molecule has 1 fully saturated rings. The molecule has 1 aromatic rings. The summed E-state index contributed by atoms with van der Waals surface area (Å²) in [6.45, 7) is 0.907. The van der Waals surface area contributed by atoms with E-state index in [1.165, 1.54) is 6.07 Å². The molecule has 0 bridgehead atoms. The van der Waals surface area contributed by atoms with E-state index < -0.39 is 11.6 Å². The Morgan fingerprint density at radius 2 is 2.07 bits per heavy atom. The maximum absolute atomic E-state index is 13.4. The van der Waals surface area contributed by atoms with Crippen molar-refractivity contribution in [1.29, 1.82) is 0 Å². The van der Waals surface area contributed by atoms with Gasteiger partial charge in [0.05, 0.1) is 0 Å². The average Bonchev–Trinajstić information content (AvgIpc) is 2.91. The van der Waals surface area contributed by atoms with Crippen LogP contribution in [0.3, 0.4) is 0 Å². The monoisotopic (exact) mass is 211 g/mol. The fourth-order valence-corrected chi connectivity index (χ4v) is 2.04. The topological polar surface area (TPSA) is 12.0 Å². The Balaban J connectivity index is 2.11. The maximum Gasteiger partial charge on any atom is 0.129 e. The van der Waals surface area contributed by atoms with E-state index in [-0.39, 0.29) is 5.41 Å². The Morgan fingerprint density at radius 3 is 2.60 bits per heavy atom. The van der Waals surface area contributed by atoms with Gasteiger partial charge in [0.1, 0.15) is 11.6 Å². The highest BCUT2D eigenvalue weighted by molar-refractivity contribution is 5.22. The number of nitrogens with one attached hydrogen (secondary N) is 1. The van der Waals surface area contributed by atoms with Crippen molar-refractivity contribution in [3.05, 3.63) is 35.4 Å². The van der Waals surface area contributed by atoms with Gasteiger partial charge in [0.2, 0.25) is 0 Å². The SMILES string of the molecule is CNCC1(Cc2ccc(F)cc2F)CC1. The molecule has 0 atom stereocenters. The molecule has 0 aromatic heterocycles. The molecule has 1 nitrogen and oxygen atoms in total. The third-order valence-electron chi connectivity index (χ3n) is 3.09. The van der Waals surface area contributed by atoms with Gasteiger partial charge in [0.15, 0.2) is 0 Å². The molecule has 0 unspecified atom stereocenters. The largest absolute Gasteiger partial charge is 0.319 e. The predicted molar refractivity (Wildman–Crippen MR) is 55.7 cm³/mol. The molecule has 0 saturated heterocycles. The Hall–Kier alpha value is -0.960. The van der Waals surface area contributed by atoms with E-state index in [4.69, 9.17) is 0 Å². The minimum Gasteiger partial charge on any atom is -0.319 e. The molecule has 15 heavy (non-hydrogen) atoms. The van der Waals surface area contributed by atoms with E-state index in [2.05, 4.69) is 5.32 Å². The lowest BCUT2D eigenvalue weighted by molar-refractivity contribution is 0.463. The average molecular weight is 211 g/mol. The highest BCUT2D eigenvalue weighted by Crippen LogP contribution is 2.47. The normalized spacial score (nSPS) is 17.8. The van der Waals surface area contributed by atoms with Crippen molar-refractivity contribution in [1.82, 2.24) is 5.32 Å². The van der Waals surface area contributed by atoms with Crippen LogP contribution in [0, 0.1) is 17.0 Å². The van der Waals surface area contributed by atoms with Crippen molar-refractivity contribution < 1.29 is 8.78 Å². The first-order valence-electron chi connectivity index (χ1n) is 5.24. The van der Waals surface area contributed by atoms with Gasteiger partial charge >= 0.3 is 0 Å². The van der Waals surface area contributed by atoms with Crippen LogP contribution in [0.1, 0.15) is 18.4 Å². The summed E-state index contributed by atoms with van der Waals surface area (Å²) >= 11 is 0. The minimum atomic E-state index is -0.505. The van der Waals surface area contributed by atoms with Crippen molar-refractivity contribution in [3.63, 3.8) is 0 Å². The summed E-state index contributed by atoms with van der Waals surface area (Å²) in [7, 11) is 1.90. The molecule has 1 aliphatic rings. The Bertz CT molecular complexity index is 359. The molecule has 82 valence electrons. The van der Waals surface area contributed by atoms with Gasteiger partial charge in [-0.25, -0.2) is 8.78 Å². The second-order valence-electron chi connectivity index (χ2n) is 4.44. The molecule has 1 aliphatic carbocycles. The van der Waals surface area contributed by atoms with Crippen molar-refractivity contribution in [2.24, 2.45) is 5.41 Å². The highest BCUT2D eigenvalue weighted by Gasteiger charge is 2.42. The second-order valence-corrected chi connectivity index (χ2v) is 4.44. The van der Waals surface area contributed by atoms with Gasteiger partial charge in [-0.2, -0.15) is 0 Å². The predicted octanol–water partition coefficient (Wildman–Crippen LogP) is 2.51. The number of benzene rings is 1. The Kier molecular flexibility index (Phi) is 2.74. The minimum absolute atomic E-state index is 0.216. The van der Waals surface area contributed by atoms with Gasteiger partial charge in [0.25, 0.3) is 0 Å². The van der Waals surface area contributed by atoms with Crippen LogP contribution in [0.15, 0.2) is 18.2 Å². The number of hydrogen-bond donors (Lipinski definition) is 1. The first-order chi connectivity index (χ1) is 7.15. The zero-order valence-corrected chi connectivity index (χ0v) is 8.82. The zero-order chi connectivity index (χ0) is 10.9. The molecular weight excluding hydrogens is 196 g/mol. The third kappa shape index (κ3) is 2.34. The smallest absolute Gasteiger partial charge is 0.129 e. The van der Waals surface area contributed by atoms with Gasteiger partial charge < -0.3 is 5.32 Å². The van der Waals surface area contributed by atoms with Crippen LogP contribution in [0.2, 0.25) is 0 Å². The summed E-state index contributed by atoms with van der Waals surface area (Å²) < 4.78 is 26.1. The van der Waals surface area contributed by atoms with Crippen molar-refractivity contribution in [2.75, 3.05) is 13.6 Å². The molecule has 0 aliphatic heterocycles. The molecular formula is C12H15F2N. The summed E-state index contributed by atoms with van der Waals surface area (Å²) in [6.07, 6.45) is 2.97. The highest BCUT2D eigenvalue weighted by atomic mass is 19.1. The summed E-state index contributed by atoms with van der Waals surface area (Å²) in [5, 5.41) is 3.13. The zero-order valence-electron chi connectivity index (χ0n) is 8.82. The molecule has 0 spiro atoms. The van der Waals surface area contributed by atoms with Gasteiger partial charge in [-0.3, -0.25) is 0 Å². The summed E-state index contributed by atoms with van der Waals surface area (Å²) in [6, 6.07) is 3.85. The summed E-state index contributed by atoms with van der Waals surface area (Å²) in [5.41, 5.74) is 0.845. The fourth-order valence-electron chi connectivity index (χ4n) is 2.04. The van der Waals surface area contributed by atoms with Crippen LogP contribution in [0.25, 0.3) is 0 Å². The molecule has 0 heterocycles. The van der Waals surface area contributed by atoms with Crippen LogP contribution < -0.4 is 5.32 Å². The third-order valence-corrected chi connectivity index (χ3v) is 3.09. The molecule has 0 radical (unpaired) electrons. The molecule has 0 amide bonds. The first-order valence-corrected chi connectivity index (χ1v) is 5.24. The van der Waals surface area contributed by atoms with E-state index in [9.17, 15) is 8.78 Å². The van der Waals surface area contributed by atoms with E-state index in [0.717, 1.165) is 25.5 Å². The number of rotatable bonds is 4. The molecule has 2 rings (SSSR count). The Labute approximate surface area is 88.5 Å². The van der Waals surface area contributed by atoms with Crippen molar-refractivity contribution in [3.8, 4) is 0 Å². The van der Waals surface area contributed by atoms with E-state index in [1.54, 1.807) is 6.07 Å². The van der Waals surface area contributed by atoms with Gasteiger partial charge in [-0.1, -0.05) is 6.07 Å². The first kappa shape index (κ1) is 10.6. The number of halogens is 2. The fraction of sp³-hybridized carbons (Fsp3) is 0.500. The molecule has 1 N–H and O–H groups in total. The van der Waals surface area contributed by atoms with Crippen LogP contribution in [-0.4, -0.2) is 13.6 Å². The van der Waals surface area contributed by atoms with Crippen molar-refractivity contribution >= 4 is 0 Å². The molecule has 1 saturated carbocycles. The van der Waals surface area contributed by atoms with Crippen LogP contribution in [-0.2, 0) is 6.42 Å². The van der Waals surface area contributed by atoms with Crippen LogP contribution >= 0.6 is 0 Å². The number of hydrogen-bond acceptors (Lipinski definition) is 1. The van der Waals surface area contributed by atoms with E-state index >= 15 is 0 Å².